The van der Waals surface area contributed by atoms with Crippen LogP contribution in [-0.2, 0) is 20.2 Å². The highest BCUT2D eigenvalue weighted by Crippen LogP contribution is 2.30. The van der Waals surface area contributed by atoms with E-state index in [4.69, 9.17) is 4.74 Å². The fourth-order valence-corrected chi connectivity index (χ4v) is 3.93. The summed E-state index contributed by atoms with van der Waals surface area (Å²) in [5, 5.41) is 0. The molecule has 0 saturated carbocycles. The van der Waals surface area contributed by atoms with E-state index in [0.717, 1.165) is 5.56 Å². The zero-order valence-corrected chi connectivity index (χ0v) is 13.6. The maximum Gasteiger partial charge on any atom is 0.245 e. The van der Waals surface area contributed by atoms with Crippen molar-refractivity contribution in [2.45, 2.75) is 50.5 Å². The van der Waals surface area contributed by atoms with Crippen molar-refractivity contribution in [1.82, 2.24) is 4.31 Å². The number of hydrogen-bond acceptors (Lipinski definition) is 3. The SMILES string of the molecule is CC(C)(C)c1ccc(S(=O)(=O)N2COCC2(C)C)cc1. The van der Waals surface area contributed by atoms with Crippen LogP contribution in [0.25, 0.3) is 0 Å². The summed E-state index contributed by atoms with van der Waals surface area (Å²) in [7, 11) is -3.50. The van der Waals surface area contributed by atoms with Gasteiger partial charge in [-0.15, -0.1) is 0 Å². The van der Waals surface area contributed by atoms with Gasteiger partial charge in [0.15, 0.2) is 0 Å². The zero-order valence-electron chi connectivity index (χ0n) is 12.8. The van der Waals surface area contributed by atoms with Gasteiger partial charge in [-0.2, -0.15) is 4.31 Å². The van der Waals surface area contributed by atoms with Gasteiger partial charge in [-0.1, -0.05) is 32.9 Å². The van der Waals surface area contributed by atoms with Crippen LogP contribution in [0.1, 0.15) is 40.2 Å². The number of hydrogen-bond donors (Lipinski definition) is 0. The first kappa shape index (κ1) is 15.5. The molecule has 0 unspecified atom stereocenters. The topological polar surface area (TPSA) is 46.6 Å². The van der Waals surface area contributed by atoms with E-state index < -0.39 is 15.6 Å². The van der Waals surface area contributed by atoms with Crippen molar-refractivity contribution >= 4 is 10.0 Å². The second-order valence-corrected chi connectivity index (χ2v) is 8.78. The van der Waals surface area contributed by atoms with E-state index in [9.17, 15) is 8.42 Å². The molecule has 5 heteroatoms. The first-order chi connectivity index (χ1) is 9.05. The molecule has 0 aliphatic carbocycles. The Labute approximate surface area is 121 Å². The van der Waals surface area contributed by atoms with Crippen LogP contribution in [0.2, 0.25) is 0 Å². The summed E-state index contributed by atoms with van der Waals surface area (Å²) in [5.41, 5.74) is 0.633. The smallest absolute Gasteiger partial charge is 0.245 e. The van der Waals surface area contributed by atoms with Crippen molar-refractivity contribution in [2.24, 2.45) is 0 Å². The molecule has 1 aliphatic heterocycles. The molecule has 0 amide bonds. The fourth-order valence-electron chi connectivity index (χ4n) is 2.27. The third-order valence-electron chi connectivity index (χ3n) is 3.65. The molecule has 112 valence electrons. The monoisotopic (exact) mass is 297 g/mol. The molecule has 1 fully saturated rings. The highest BCUT2D eigenvalue weighted by molar-refractivity contribution is 7.89. The molecule has 0 N–H and O–H groups in total. The van der Waals surface area contributed by atoms with Crippen LogP contribution >= 0.6 is 0 Å². The van der Waals surface area contributed by atoms with Gasteiger partial charge in [-0.05, 0) is 37.0 Å². The van der Waals surface area contributed by atoms with Crippen molar-refractivity contribution in [1.29, 1.82) is 0 Å². The van der Waals surface area contributed by atoms with Crippen LogP contribution in [0.15, 0.2) is 29.2 Å². The first-order valence-corrected chi connectivity index (χ1v) is 8.20. The predicted octanol–water partition coefficient (Wildman–Crippen LogP) is 2.74. The lowest BCUT2D eigenvalue weighted by molar-refractivity contribution is 0.171. The summed E-state index contributed by atoms with van der Waals surface area (Å²) in [6.45, 7) is 10.6. The van der Waals surface area contributed by atoms with E-state index in [-0.39, 0.29) is 12.1 Å². The molecule has 1 heterocycles. The number of nitrogens with zero attached hydrogens (tertiary/aromatic N) is 1. The molecule has 1 saturated heterocycles. The van der Waals surface area contributed by atoms with Crippen LogP contribution in [0, 0.1) is 0 Å². The Kier molecular flexibility index (Phi) is 3.73. The summed E-state index contributed by atoms with van der Waals surface area (Å²) < 4.78 is 32.0. The van der Waals surface area contributed by atoms with E-state index in [1.54, 1.807) is 12.1 Å². The van der Waals surface area contributed by atoms with E-state index in [0.29, 0.717) is 11.5 Å². The van der Waals surface area contributed by atoms with Gasteiger partial charge in [-0.25, -0.2) is 8.42 Å². The highest BCUT2D eigenvalue weighted by Gasteiger charge is 2.42. The number of rotatable bonds is 2. The van der Waals surface area contributed by atoms with E-state index in [1.807, 2.05) is 26.0 Å². The summed E-state index contributed by atoms with van der Waals surface area (Å²) in [5.74, 6) is 0. The van der Waals surface area contributed by atoms with E-state index in [1.165, 1.54) is 4.31 Å². The average molecular weight is 297 g/mol. The van der Waals surface area contributed by atoms with Crippen LogP contribution < -0.4 is 0 Å². The Balaban J connectivity index is 2.36. The van der Waals surface area contributed by atoms with Gasteiger partial charge in [0.2, 0.25) is 10.0 Å². The Morgan fingerprint density at radius 1 is 1.15 bits per heavy atom. The van der Waals surface area contributed by atoms with Crippen molar-refractivity contribution in [2.75, 3.05) is 13.3 Å². The van der Waals surface area contributed by atoms with Gasteiger partial charge in [0.05, 0.1) is 17.0 Å². The molecular weight excluding hydrogens is 274 g/mol. The summed E-state index contributed by atoms with van der Waals surface area (Å²) >= 11 is 0. The molecule has 1 aliphatic rings. The van der Waals surface area contributed by atoms with Crippen LogP contribution in [0.3, 0.4) is 0 Å². The molecule has 1 aromatic carbocycles. The molecule has 20 heavy (non-hydrogen) atoms. The maximum absolute atomic E-state index is 12.7. The van der Waals surface area contributed by atoms with Gasteiger partial charge in [-0.3, -0.25) is 0 Å². The molecule has 2 rings (SSSR count). The Bertz CT molecular complexity index is 583. The maximum atomic E-state index is 12.7. The van der Waals surface area contributed by atoms with Crippen molar-refractivity contribution in [3.05, 3.63) is 29.8 Å². The molecule has 0 spiro atoms. The lowest BCUT2D eigenvalue weighted by Crippen LogP contribution is -2.44. The molecule has 1 aromatic rings. The van der Waals surface area contributed by atoms with Crippen molar-refractivity contribution < 1.29 is 13.2 Å². The van der Waals surface area contributed by atoms with E-state index >= 15 is 0 Å². The molecule has 0 atom stereocenters. The molecule has 4 nitrogen and oxygen atoms in total. The molecule has 0 bridgehead atoms. The minimum atomic E-state index is -3.50. The number of ether oxygens (including phenoxy) is 1. The summed E-state index contributed by atoms with van der Waals surface area (Å²) in [6.07, 6.45) is 0. The first-order valence-electron chi connectivity index (χ1n) is 6.76. The van der Waals surface area contributed by atoms with Crippen molar-refractivity contribution in [3.8, 4) is 0 Å². The molecular formula is C15H23NO3S. The van der Waals surface area contributed by atoms with Gasteiger partial charge in [0.1, 0.15) is 6.73 Å². The predicted molar refractivity (Wildman–Crippen MR) is 79.1 cm³/mol. The van der Waals surface area contributed by atoms with Gasteiger partial charge < -0.3 is 4.74 Å². The highest BCUT2D eigenvalue weighted by atomic mass is 32.2. The lowest BCUT2D eigenvalue weighted by atomic mass is 9.87. The minimum absolute atomic E-state index is 0.0122. The second kappa shape index (κ2) is 4.83. The fraction of sp³-hybridized carbons (Fsp3) is 0.600. The van der Waals surface area contributed by atoms with Gasteiger partial charge in [0.25, 0.3) is 0 Å². The van der Waals surface area contributed by atoms with Gasteiger partial charge >= 0.3 is 0 Å². The van der Waals surface area contributed by atoms with Gasteiger partial charge in [0, 0.05) is 0 Å². The lowest BCUT2D eigenvalue weighted by Gasteiger charge is -2.28. The Morgan fingerprint density at radius 3 is 2.10 bits per heavy atom. The largest absolute Gasteiger partial charge is 0.363 e. The third-order valence-corrected chi connectivity index (χ3v) is 5.70. The molecule has 0 aromatic heterocycles. The quantitative estimate of drug-likeness (QED) is 0.843. The molecule has 0 radical (unpaired) electrons. The normalized spacial score (nSPS) is 20.2. The number of sulfonamides is 1. The summed E-state index contributed by atoms with van der Waals surface area (Å²) in [6, 6.07) is 7.14. The van der Waals surface area contributed by atoms with Crippen LogP contribution in [0.5, 0.6) is 0 Å². The van der Waals surface area contributed by atoms with Crippen molar-refractivity contribution in [3.63, 3.8) is 0 Å². The third kappa shape index (κ3) is 2.75. The van der Waals surface area contributed by atoms with E-state index in [2.05, 4.69) is 20.8 Å². The minimum Gasteiger partial charge on any atom is -0.363 e. The second-order valence-electron chi connectivity index (χ2n) is 6.92. The number of benzene rings is 1. The summed E-state index contributed by atoms with van der Waals surface area (Å²) in [4.78, 5) is 0.323. The van der Waals surface area contributed by atoms with Crippen LogP contribution in [-0.4, -0.2) is 31.6 Å². The zero-order chi connectivity index (χ0) is 15.2. The standard InChI is InChI=1S/C15H23NO3S/c1-14(2,3)12-6-8-13(9-7-12)20(17,18)16-11-19-10-15(16,4)5/h6-9H,10-11H2,1-5H3. The Hall–Kier alpha value is -0.910. The Morgan fingerprint density at radius 2 is 1.70 bits per heavy atom. The average Bonchev–Trinajstić information content (AvgIpc) is 2.68. The van der Waals surface area contributed by atoms with Crippen LogP contribution in [0.4, 0.5) is 0 Å².